The molecule has 0 saturated carbocycles. The molecule has 126 valence electrons. The highest BCUT2D eigenvalue weighted by molar-refractivity contribution is 6.26. The van der Waals surface area contributed by atoms with E-state index in [0.717, 1.165) is 16.7 Å². The Morgan fingerprint density at radius 2 is 1.50 bits per heavy atom. The van der Waals surface area contributed by atoms with Crippen LogP contribution in [0.4, 0.5) is 0 Å². The third-order valence-electron chi connectivity index (χ3n) is 5.48. The van der Waals surface area contributed by atoms with Crippen molar-refractivity contribution in [3.8, 4) is 0 Å². The van der Waals surface area contributed by atoms with Gasteiger partial charge >= 0.3 is 0 Å². The molecule has 2 nitrogen and oxygen atoms in total. The highest BCUT2D eigenvalue weighted by Crippen LogP contribution is 2.58. The van der Waals surface area contributed by atoms with Crippen molar-refractivity contribution in [2.24, 2.45) is 22.2 Å². The van der Waals surface area contributed by atoms with Gasteiger partial charge in [-0.25, -0.2) is 0 Å². The number of allylic oxidation sites excluding steroid dienone is 4. The molecule has 1 aromatic carbocycles. The van der Waals surface area contributed by atoms with Crippen LogP contribution in [0.3, 0.4) is 0 Å². The highest BCUT2D eigenvalue weighted by atomic mass is 16.2. The Balaban J connectivity index is 2.29. The minimum absolute atomic E-state index is 0.0475. The molecular formula is C22H26O2. The standard InChI is InChI=1S/C22H26O2/c1-20(2,3)16-13-22(21(4,5)6)17(23)12-15(18(16)19(22)24)14-10-8-7-9-11-14/h7-13,18H,1-6H3/t18-,22+/m1/s1. The molecule has 2 atom stereocenters. The van der Waals surface area contributed by atoms with E-state index in [1.807, 2.05) is 57.2 Å². The van der Waals surface area contributed by atoms with Crippen LogP contribution < -0.4 is 0 Å². The van der Waals surface area contributed by atoms with Crippen molar-refractivity contribution in [2.45, 2.75) is 41.5 Å². The maximum absolute atomic E-state index is 13.5. The molecule has 2 heteroatoms. The Morgan fingerprint density at radius 1 is 0.917 bits per heavy atom. The van der Waals surface area contributed by atoms with E-state index in [9.17, 15) is 9.59 Å². The lowest BCUT2D eigenvalue weighted by Gasteiger charge is -2.40. The molecule has 0 unspecified atom stereocenters. The lowest BCUT2D eigenvalue weighted by atomic mass is 9.59. The number of carbonyl (C=O) groups excluding carboxylic acids is 2. The van der Waals surface area contributed by atoms with Crippen LogP contribution in [0.5, 0.6) is 0 Å². The van der Waals surface area contributed by atoms with Crippen molar-refractivity contribution in [3.05, 3.63) is 53.6 Å². The monoisotopic (exact) mass is 322 g/mol. The Kier molecular flexibility index (Phi) is 3.53. The largest absolute Gasteiger partial charge is 0.297 e. The van der Waals surface area contributed by atoms with Gasteiger partial charge in [0.2, 0.25) is 0 Å². The number of hydrogen-bond donors (Lipinski definition) is 0. The van der Waals surface area contributed by atoms with Gasteiger partial charge in [-0.3, -0.25) is 9.59 Å². The minimum Gasteiger partial charge on any atom is -0.297 e. The van der Waals surface area contributed by atoms with Gasteiger partial charge in [-0.1, -0.05) is 83.5 Å². The number of ketones is 2. The quantitative estimate of drug-likeness (QED) is 0.547. The van der Waals surface area contributed by atoms with Crippen molar-refractivity contribution < 1.29 is 9.59 Å². The van der Waals surface area contributed by atoms with Crippen molar-refractivity contribution in [3.63, 3.8) is 0 Å². The van der Waals surface area contributed by atoms with Crippen LogP contribution in [0.1, 0.15) is 47.1 Å². The second-order valence-corrected chi connectivity index (χ2v) is 9.03. The summed E-state index contributed by atoms with van der Waals surface area (Å²) in [6.07, 6.45) is 3.72. The zero-order valence-electron chi connectivity index (χ0n) is 15.4. The number of Topliss-reactive ketones (excluding diaryl/α,β-unsaturated/α-hetero) is 1. The van der Waals surface area contributed by atoms with Crippen LogP contribution in [0.2, 0.25) is 0 Å². The van der Waals surface area contributed by atoms with Gasteiger partial charge in [0, 0.05) is 0 Å². The molecule has 0 amide bonds. The van der Waals surface area contributed by atoms with Gasteiger partial charge in [-0.2, -0.15) is 0 Å². The lowest BCUT2D eigenvalue weighted by Crippen LogP contribution is -2.49. The van der Waals surface area contributed by atoms with Crippen LogP contribution in [0.25, 0.3) is 5.57 Å². The third-order valence-corrected chi connectivity index (χ3v) is 5.48. The molecule has 0 saturated heterocycles. The summed E-state index contributed by atoms with van der Waals surface area (Å²) in [5.74, 6) is -0.343. The first-order chi connectivity index (χ1) is 11.0. The topological polar surface area (TPSA) is 34.1 Å². The molecule has 0 radical (unpaired) electrons. The van der Waals surface area contributed by atoms with Crippen molar-refractivity contribution in [1.29, 1.82) is 0 Å². The van der Waals surface area contributed by atoms with Gasteiger partial charge in [0.1, 0.15) is 5.41 Å². The summed E-state index contributed by atoms with van der Waals surface area (Å²) >= 11 is 0. The number of hydrogen-bond acceptors (Lipinski definition) is 2. The smallest absolute Gasteiger partial charge is 0.173 e. The Bertz CT molecular complexity index is 766. The van der Waals surface area contributed by atoms with E-state index in [0.29, 0.717) is 0 Å². The second-order valence-electron chi connectivity index (χ2n) is 9.03. The molecule has 2 aliphatic carbocycles. The predicted octanol–water partition coefficient (Wildman–Crippen LogP) is 4.86. The van der Waals surface area contributed by atoms with E-state index in [-0.39, 0.29) is 22.9 Å². The van der Waals surface area contributed by atoms with Gasteiger partial charge < -0.3 is 0 Å². The van der Waals surface area contributed by atoms with Crippen LogP contribution in [0.15, 0.2) is 48.1 Å². The van der Waals surface area contributed by atoms with Crippen molar-refractivity contribution >= 4 is 17.1 Å². The van der Waals surface area contributed by atoms with E-state index in [4.69, 9.17) is 0 Å². The SMILES string of the molecule is CC(C)(C)C1=C[C@]2(C(C)(C)C)C(=O)C=C(c3ccccc3)[C@H]1C2=O. The maximum atomic E-state index is 13.5. The second kappa shape index (κ2) is 5.02. The lowest BCUT2D eigenvalue weighted by molar-refractivity contribution is -0.141. The minimum atomic E-state index is -1.03. The van der Waals surface area contributed by atoms with Crippen molar-refractivity contribution in [2.75, 3.05) is 0 Å². The summed E-state index contributed by atoms with van der Waals surface area (Å²) in [5, 5.41) is 0. The molecule has 2 bridgehead atoms. The van der Waals surface area contributed by atoms with Crippen LogP contribution >= 0.6 is 0 Å². The van der Waals surface area contributed by atoms with Crippen LogP contribution in [-0.4, -0.2) is 11.6 Å². The maximum Gasteiger partial charge on any atom is 0.173 e. The first kappa shape index (κ1) is 16.9. The fourth-order valence-corrected chi connectivity index (χ4v) is 4.08. The van der Waals surface area contributed by atoms with E-state index in [1.54, 1.807) is 6.08 Å². The molecule has 2 aliphatic rings. The van der Waals surface area contributed by atoms with E-state index < -0.39 is 10.8 Å². The zero-order chi connectivity index (χ0) is 17.9. The van der Waals surface area contributed by atoms with E-state index >= 15 is 0 Å². The zero-order valence-corrected chi connectivity index (χ0v) is 15.4. The molecule has 1 aromatic rings. The molecule has 0 aromatic heterocycles. The molecule has 24 heavy (non-hydrogen) atoms. The van der Waals surface area contributed by atoms with E-state index in [2.05, 4.69) is 20.8 Å². The predicted molar refractivity (Wildman–Crippen MR) is 97.3 cm³/mol. The summed E-state index contributed by atoms with van der Waals surface area (Å²) in [6, 6.07) is 9.81. The molecule has 0 aliphatic heterocycles. The number of carbonyl (C=O) groups is 2. The van der Waals surface area contributed by atoms with Crippen LogP contribution in [0, 0.1) is 22.2 Å². The molecule has 0 fully saturated rings. The molecular weight excluding hydrogens is 296 g/mol. The van der Waals surface area contributed by atoms with Gasteiger partial charge in [-0.05, 0) is 28.0 Å². The first-order valence-corrected chi connectivity index (χ1v) is 8.59. The Hall–Kier alpha value is -1.96. The molecule has 0 spiro atoms. The first-order valence-electron chi connectivity index (χ1n) is 8.59. The number of rotatable bonds is 1. The summed E-state index contributed by atoms with van der Waals surface area (Å²) in [7, 11) is 0. The van der Waals surface area contributed by atoms with Gasteiger partial charge in [0.05, 0.1) is 5.92 Å². The third kappa shape index (κ3) is 2.16. The molecule has 0 N–H and O–H groups in total. The molecule has 0 heterocycles. The summed E-state index contributed by atoms with van der Waals surface area (Å²) in [6.45, 7) is 12.3. The summed E-state index contributed by atoms with van der Waals surface area (Å²) in [4.78, 5) is 26.6. The average Bonchev–Trinajstić information content (AvgIpc) is 2.70. The molecule has 3 rings (SSSR count). The fourth-order valence-electron chi connectivity index (χ4n) is 4.08. The van der Waals surface area contributed by atoms with Gasteiger partial charge in [0.15, 0.2) is 11.6 Å². The summed E-state index contributed by atoms with van der Waals surface area (Å²) < 4.78 is 0. The number of fused-ring (bicyclic) bond motifs is 2. The van der Waals surface area contributed by atoms with Crippen molar-refractivity contribution in [1.82, 2.24) is 0 Å². The van der Waals surface area contributed by atoms with E-state index in [1.165, 1.54) is 0 Å². The fraction of sp³-hybridized carbons (Fsp3) is 0.455. The number of benzene rings is 1. The van der Waals surface area contributed by atoms with Gasteiger partial charge in [0.25, 0.3) is 0 Å². The Labute approximate surface area is 144 Å². The summed E-state index contributed by atoms with van der Waals surface area (Å²) in [5.41, 5.74) is 1.26. The average molecular weight is 322 g/mol. The Morgan fingerprint density at radius 3 is 2.00 bits per heavy atom. The highest BCUT2D eigenvalue weighted by Gasteiger charge is 2.62. The van der Waals surface area contributed by atoms with Crippen LogP contribution in [-0.2, 0) is 9.59 Å². The normalized spacial score (nSPS) is 27.2. The van der Waals surface area contributed by atoms with Gasteiger partial charge in [-0.15, -0.1) is 0 Å².